The molecule has 1 aliphatic carbocycles. The molecule has 1 heterocycles. The molecule has 9 heteroatoms. The highest BCUT2D eigenvalue weighted by Crippen LogP contribution is 2.32. The Hall–Kier alpha value is -3.37. The van der Waals surface area contributed by atoms with Crippen LogP contribution in [0.25, 0.3) is 21.8 Å². The molecule has 0 saturated heterocycles. The van der Waals surface area contributed by atoms with Crippen LogP contribution in [0.2, 0.25) is 0 Å². The van der Waals surface area contributed by atoms with Crippen LogP contribution >= 0.6 is 0 Å². The number of H-pyrrole nitrogens is 1. The van der Waals surface area contributed by atoms with E-state index in [0.29, 0.717) is 34.0 Å². The summed E-state index contributed by atoms with van der Waals surface area (Å²) in [5.41, 5.74) is 4.38. The molecule has 0 unspecified atom stereocenters. The molecule has 604 valence electrons. The third-order valence-corrected chi connectivity index (χ3v) is 24.2. The van der Waals surface area contributed by atoms with E-state index in [4.69, 9.17) is 0 Å². The average Bonchev–Trinajstić information content (AvgIpc) is 0.744. The Bertz CT molecular complexity index is 2850. The van der Waals surface area contributed by atoms with Gasteiger partial charge in [-0.3, -0.25) is 9.59 Å². The Kier molecular flexibility index (Phi) is 56.9. The SMILES string of the molecule is CCCCCCCCCCCCCCCCCC[N+](C)(C)CCCCCCCCCCCCCCCCC.CCCCCCCCCCCCCCCCCC[N+](C)(C)CCCCCCCCCCCCCCCCC.Cc1ccc2c(c1)C(=O)c1cc3[nH]c4ccc(S(=O)(=O)[O-])cc4c(=O)c3cc1C2. The van der Waals surface area contributed by atoms with E-state index in [2.05, 4.69) is 60.9 Å². The highest BCUT2D eigenvalue weighted by molar-refractivity contribution is 7.85. The molecule has 0 fully saturated rings. The second-order valence-corrected chi connectivity index (χ2v) is 36.0. The first-order valence-corrected chi connectivity index (χ1v) is 47.2. The predicted molar refractivity (Wildman–Crippen MR) is 460 cm³/mol. The lowest BCUT2D eigenvalue weighted by atomic mass is 9.83. The summed E-state index contributed by atoms with van der Waals surface area (Å²) in [6.07, 6.45) is 91.4. The Morgan fingerprint density at radius 2 is 0.571 bits per heavy atom. The zero-order chi connectivity index (χ0) is 76.2. The molecule has 0 aliphatic heterocycles. The Labute approximate surface area is 650 Å². The number of nitrogens with zero attached hydrogens (tertiary/aromatic N) is 2. The van der Waals surface area contributed by atoms with Gasteiger partial charge in [-0.15, -0.1) is 0 Å². The van der Waals surface area contributed by atoms with Gasteiger partial charge in [-0.1, -0.05) is 392 Å². The third-order valence-electron chi connectivity index (χ3n) is 23.4. The van der Waals surface area contributed by atoms with Crippen molar-refractivity contribution in [1.82, 2.24) is 4.98 Å². The first-order valence-electron chi connectivity index (χ1n) is 45.8. The number of carbonyl (C=O) groups is 1. The van der Waals surface area contributed by atoms with E-state index in [9.17, 15) is 22.6 Å². The molecule has 0 radical (unpaired) electrons. The van der Waals surface area contributed by atoms with Gasteiger partial charge in [0.15, 0.2) is 11.2 Å². The minimum atomic E-state index is -4.67. The lowest BCUT2D eigenvalue weighted by Crippen LogP contribution is -2.41. The number of pyridine rings is 1. The Balaban J connectivity index is 0.000000412. The van der Waals surface area contributed by atoms with Gasteiger partial charge in [0.1, 0.15) is 10.1 Å². The fourth-order valence-electron chi connectivity index (χ4n) is 16.2. The molecule has 1 aliphatic rings. The topological polar surface area (TPSA) is 107 Å². The van der Waals surface area contributed by atoms with Crippen molar-refractivity contribution in [1.29, 1.82) is 0 Å². The van der Waals surface area contributed by atoms with Gasteiger partial charge in [-0.2, -0.15) is 0 Å². The molecule has 0 atom stereocenters. The zero-order valence-corrected chi connectivity index (χ0v) is 71.7. The van der Waals surface area contributed by atoms with Crippen LogP contribution in [-0.4, -0.2) is 87.1 Å². The van der Waals surface area contributed by atoms with E-state index in [0.717, 1.165) is 28.8 Å². The maximum absolute atomic E-state index is 13.0. The molecule has 4 aromatic rings. The largest absolute Gasteiger partial charge is 0.744 e. The van der Waals surface area contributed by atoms with Crippen LogP contribution in [0.5, 0.6) is 0 Å². The molecule has 3 aromatic carbocycles. The lowest BCUT2D eigenvalue weighted by molar-refractivity contribution is -0.890. The van der Waals surface area contributed by atoms with E-state index in [1.54, 1.807) is 12.1 Å². The number of aromatic nitrogens is 1. The fraction of sp³-hybridized carbons (Fsp3) is 0.792. The molecular formula is C96H170N3O5S+. The van der Waals surface area contributed by atoms with Gasteiger partial charge in [0.05, 0.1) is 64.8 Å². The smallest absolute Gasteiger partial charge is 0.197 e. The molecule has 0 saturated carbocycles. The Morgan fingerprint density at radius 1 is 0.314 bits per heavy atom. The lowest BCUT2D eigenvalue weighted by Gasteiger charge is -2.30. The summed E-state index contributed by atoms with van der Waals surface area (Å²) in [5, 5.41) is 0.465. The number of nitrogens with one attached hydrogen (secondary N) is 1. The molecular weight excluding hydrogens is 1310 g/mol. The monoisotopic (exact) mass is 1480 g/mol. The van der Waals surface area contributed by atoms with Crippen LogP contribution in [0.1, 0.15) is 458 Å². The summed E-state index contributed by atoms with van der Waals surface area (Å²) in [7, 11) is 5.20. The van der Waals surface area contributed by atoms with Crippen LogP contribution in [0.3, 0.4) is 0 Å². The molecule has 105 heavy (non-hydrogen) atoms. The highest BCUT2D eigenvalue weighted by atomic mass is 32.2. The number of ketones is 1. The van der Waals surface area contributed by atoms with Gasteiger partial charge in [0.2, 0.25) is 0 Å². The van der Waals surface area contributed by atoms with E-state index >= 15 is 0 Å². The number of benzene rings is 3. The Morgan fingerprint density at radius 3 is 0.848 bits per heavy atom. The predicted octanol–water partition coefficient (Wildman–Crippen LogP) is 29.4. The van der Waals surface area contributed by atoms with Gasteiger partial charge in [-0.05, 0) is 112 Å². The number of rotatable bonds is 67. The normalized spacial score (nSPS) is 12.4. The van der Waals surface area contributed by atoms with Gasteiger partial charge in [0, 0.05) is 27.4 Å². The van der Waals surface area contributed by atoms with Gasteiger partial charge in [-0.25, -0.2) is 8.42 Å². The van der Waals surface area contributed by atoms with E-state index < -0.39 is 15.0 Å². The van der Waals surface area contributed by atoms with Crippen molar-refractivity contribution in [2.45, 2.75) is 444 Å². The number of fused-ring (bicyclic) bond motifs is 4. The van der Waals surface area contributed by atoms with Crippen LogP contribution in [0.4, 0.5) is 0 Å². The molecule has 5 rings (SSSR count). The second kappa shape index (κ2) is 62.3. The molecule has 0 amide bonds. The number of aromatic amines is 1. The molecule has 1 aromatic heterocycles. The van der Waals surface area contributed by atoms with Gasteiger partial charge >= 0.3 is 0 Å². The van der Waals surface area contributed by atoms with Gasteiger partial charge < -0.3 is 18.5 Å². The maximum atomic E-state index is 13.0. The first kappa shape index (κ1) is 95.8. The zero-order valence-electron chi connectivity index (χ0n) is 70.8. The summed E-state index contributed by atoms with van der Waals surface area (Å²) in [5.74, 6) is -0.0828. The highest BCUT2D eigenvalue weighted by Gasteiger charge is 2.25. The average molecular weight is 1480 g/mol. The molecule has 1 N–H and O–H groups in total. The summed E-state index contributed by atoms with van der Waals surface area (Å²) in [6, 6.07) is 12.8. The fourth-order valence-corrected chi connectivity index (χ4v) is 16.7. The van der Waals surface area contributed by atoms with Crippen LogP contribution < -0.4 is 5.43 Å². The number of carbonyl (C=O) groups excluding carboxylic acids is 1. The second-order valence-electron chi connectivity index (χ2n) is 34.6. The van der Waals surface area contributed by atoms with Crippen molar-refractivity contribution < 1.29 is 26.7 Å². The maximum Gasteiger partial charge on any atom is 0.197 e. The quantitative estimate of drug-likeness (QED) is 0.0181. The van der Waals surface area contributed by atoms with Crippen molar-refractivity contribution in [2.75, 3.05) is 54.4 Å². The first-order chi connectivity index (χ1) is 51.0. The minimum Gasteiger partial charge on any atom is -0.744 e. The van der Waals surface area contributed by atoms with Gasteiger partial charge in [0.25, 0.3) is 0 Å². The van der Waals surface area contributed by atoms with Crippen molar-refractivity contribution in [2.24, 2.45) is 0 Å². The molecule has 8 nitrogen and oxygen atoms in total. The van der Waals surface area contributed by atoms with E-state index in [1.165, 1.54) is 439 Å². The summed E-state index contributed by atoms with van der Waals surface area (Å²) < 4.78 is 36.4. The van der Waals surface area contributed by atoms with E-state index in [-0.39, 0.29) is 16.6 Å². The van der Waals surface area contributed by atoms with Crippen molar-refractivity contribution >= 4 is 37.7 Å². The number of hydrogen-bond acceptors (Lipinski definition) is 5. The summed E-state index contributed by atoms with van der Waals surface area (Å²) in [4.78, 5) is 28.7. The summed E-state index contributed by atoms with van der Waals surface area (Å²) >= 11 is 0. The number of aryl methyl sites for hydroxylation is 1. The summed E-state index contributed by atoms with van der Waals surface area (Å²) in [6.45, 7) is 16.7. The van der Waals surface area contributed by atoms with Crippen LogP contribution in [0, 0.1) is 6.92 Å². The van der Waals surface area contributed by atoms with Crippen molar-refractivity contribution in [3.8, 4) is 0 Å². The molecule has 0 spiro atoms. The van der Waals surface area contributed by atoms with Crippen LogP contribution in [-0.2, 0) is 16.5 Å². The molecule has 0 bridgehead atoms. The number of quaternary nitrogens is 2. The van der Waals surface area contributed by atoms with Crippen molar-refractivity contribution in [3.05, 3.63) is 86.6 Å². The number of hydrogen-bond donors (Lipinski definition) is 1. The minimum absolute atomic E-state index is 0.0828. The van der Waals surface area contributed by atoms with E-state index in [1.807, 2.05) is 25.1 Å². The van der Waals surface area contributed by atoms with Crippen LogP contribution in [0.15, 0.2) is 58.2 Å². The number of unbranched alkanes of at least 4 members (excludes halogenated alkanes) is 58. The van der Waals surface area contributed by atoms with Crippen molar-refractivity contribution in [3.63, 3.8) is 0 Å². The third kappa shape index (κ3) is 48.1. The standard InChI is InChI=1S/2C37H78N.C22H15NO5S/c2*1-5-7-9-11-13-15-17-19-21-23-25-27-29-31-33-35-37-38(3,4)36-34-32-30-28-26-24-22-20-18-16-14-12-10-8-6-2;1-11-2-3-12-7-13-8-17-20(10-16(13)21(24)15(12)6-11)23-19-5-4-14(29(26,27)28)9-18(19)22(17)25/h2*5-37H2,1-4H3;2-6,8-10H,7H2,1H3,(H,23,25)(H,26,27,28)/q2*+1;/p-1.